The van der Waals surface area contributed by atoms with Crippen molar-refractivity contribution in [2.45, 2.75) is 33.6 Å². The molecule has 0 saturated carbocycles. The fraction of sp³-hybridized carbons (Fsp3) is 0.368. The van der Waals surface area contributed by atoms with E-state index in [1.165, 1.54) is 14.2 Å². The lowest BCUT2D eigenvalue weighted by molar-refractivity contribution is -0.132. The molecule has 0 bridgehead atoms. The van der Waals surface area contributed by atoms with Crippen LogP contribution in [-0.4, -0.2) is 44.5 Å². The smallest absolute Gasteiger partial charge is 0.431 e. The van der Waals surface area contributed by atoms with Crippen LogP contribution in [0.5, 0.6) is 0 Å². The quantitative estimate of drug-likeness (QED) is 0.372. The van der Waals surface area contributed by atoms with E-state index < -0.39 is 23.4 Å². The standard InChI is InChI=1S/C17H19F3N4O4.C2H6/c1-10-5-4-6-12(14(24-27-3)16(25)26-2)13(10)9-28-23-8-11(7-21)15(22)17(18,19)20;1-2/h4-8,21H,9,22H2,1-3H3;1-2H3/b15-11+,21-7?,23-8+,24-14+;. The second-order valence-electron chi connectivity index (χ2n) is 5.23. The van der Waals surface area contributed by atoms with Gasteiger partial charge in [-0.15, -0.1) is 0 Å². The number of nitrogens with zero attached hydrogens (tertiary/aromatic N) is 2. The number of ether oxygens (including phenoxy) is 1. The van der Waals surface area contributed by atoms with Gasteiger partial charge in [0.2, 0.25) is 0 Å². The van der Waals surface area contributed by atoms with E-state index in [0.717, 1.165) is 0 Å². The monoisotopic (exact) mass is 430 g/mol. The molecule has 0 aliphatic carbocycles. The molecule has 0 saturated heterocycles. The van der Waals surface area contributed by atoms with Crippen molar-refractivity contribution in [2.24, 2.45) is 16.0 Å². The van der Waals surface area contributed by atoms with E-state index in [1.807, 2.05) is 13.8 Å². The highest BCUT2D eigenvalue weighted by atomic mass is 19.4. The van der Waals surface area contributed by atoms with Crippen molar-refractivity contribution in [1.82, 2.24) is 0 Å². The third kappa shape index (κ3) is 7.57. The third-order valence-corrected chi connectivity index (χ3v) is 3.47. The SMILES string of the molecule is CC.CO/N=C(/C(=O)OC)c1cccc(C)c1CO/N=C/C(C=N)=C(/N)C(F)(F)F. The molecule has 8 nitrogen and oxygen atoms in total. The fourth-order valence-corrected chi connectivity index (χ4v) is 2.04. The van der Waals surface area contributed by atoms with Crippen molar-refractivity contribution in [2.75, 3.05) is 14.2 Å². The van der Waals surface area contributed by atoms with Gasteiger partial charge in [-0.1, -0.05) is 42.4 Å². The lowest BCUT2D eigenvalue weighted by Gasteiger charge is -2.12. The van der Waals surface area contributed by atoms with Crippen LogP contribution in [-0.2, 0) is 25.8 Å². The first kappa shape index (κ1) is 26.6. The van der Waals surface area contributed by atoms with Crippen molar-refractivity contribution in [3.05, 3.63) is 46.2 Å². The minimum atomic E-state index is -4.80. The van der Waals surface area contributed by atoms with Crippen LogP contribution in [0, 0.1) is 12.3 Å². The average Bonchev–Trinajstić information content (AvgIpc) is 2.73. The number of hydrogen-bond donors (Lipinski definition) is 2. The number of esters is 1. The predicted octanol–water partition coefficient (Wildman–Crippen LogP) is 3.47. The van der Waals surface area contributed by atoms with E-state index in [4.69, 9.17) is 16.0 Å². The lowest BCUT2D eigenvalue weighted by atomic mass is 9.99. The molecule has 3 N–H and O–H groups in total. The molecular weight excluding hydrogens is 405 g/mol. The molecule has 0 spiro atoms. The molecule has 166 valence electrons. The molecular formula is C19H25F3N4O4. The number of oxime groups is 2. The number of methoxy groups -OCH3 is 1. The Bertz CT molecular complexity index is 818. The Balaban J connectivity index is 0.00000407. The number of rotatable bonds is 8. The summed E-state index contributed by atoms with van der Waals surface area (Å²) in [7, 11) is 2.44. The van der Waals surface area contributed by atoms with E-state index in [0.29, 0.717) is 29.1 Å². The number of carbonyl (C=O) groups excluding carboxylic acids is 1. The van der Waals surface area contributed by atoms with Gasteiger partial charge in [0, 0.05) is 22.9 Å². The minimum Gasteiger partial charge on any atom is -0.464 e. The number of nitrogens with one attached hydrogen (secondary N) is 1. The zero-order chi connectivity index (χ0) is 23.3. The molecule has 0 aromatic heterocycles. The molecule has 1 aromatic carbocycles. The van der Waals surface area contributed by atoms with E-state index in [1.54, 1.807) is 25.1 Å². The van der Waals surface area contributed by atoms with Crippen LogP contribution in [0.2, 0.25) is 0 Å². The van der Waals surface area contributed by atoms with Crippen LogP contribution in [0.15, 0.2) is 39.8 Å². The first-order valence-corrected chi connectivity index (χ1v) is 8.68. The zero-order valence-corrected chi connectivity index (χ0v) is 17.3. The molecule has 1 rings (SSSR count). The van der Waals surface area contributed by atoms with E-state index in [9.17, 15) is 18.0 Å². The summed E-state index contributed by atoms with van der Waals surface area (Å²) in [4.78, 5) is 21.6. The predicted molar refractivity (Wildman–Crippen MR) is 107 cm³/mol. The van der Waals surface area contributed by atoms with Gasteiger partial charge in [0.15, 0.2) is 5.71 Å². The second-order valence-corrected chi connectivity index (χ2v) is 5.23. The highest BCUT2D eigenvalue weighted by Gasteiger charge is 2.33. The number of carbonyl (C=O) groups is 1. The molecule has 0 fully saturated rings. The summed E-state index contributed by atoms with van der Waals surface area (Å²) in [5, 5.41) is 14.1. The van der Waals surface area contributed by atoms with Crippen LogP contribution in [0.4, 0.5) is 13.2 Å². The number of hydrogen-bond acceptors (Lipinski definition) is 8. The minimum absolute atomic E-state index is 0.113. The van der Waals surface area contributed by atoms with Crippen LogP contribution in [0.3, 0.4) is 0 Å². The van der Waals surface area contributed by atoms with Gasteiger partial charge < -0.3 is 25.6 Å². The summed E-state index contributed by atoms with van der Waals surface area (Å²) >= 11 is 0. The van der Waals surface area contributed by atoms with Gasteiger partial charge in [0.1, 0.15) is 19.4 Å². The summed E-state index contributed by atoms with van der Waals surface area (Å²) in [6.45, 7) is 5.54. The Morgan fingerprint density at radius 2 is 1.90 bits per heavy atom. The van der Waals surface area contributed by atoms with Crippen molar-refractivity contribution >= 4 is 24.1 Å². The number of allylic oxidation sites excluding steroid dienone is 2. The van der Waals surface area contributed by atoms with Gasteiger partial charge in [-0.3, -0.25) is 0 Å². The van der Waals surface area contributed by atoms with E-state index >= 15 is 0 Å². The van der Waals surface area contributed by atoms with Crippen LogP contribution < -0.4 is 5.73 Å². The van der Waals surface area contributed by atoms with Crippen molar-refractivity contribution < 1.29 is 32.4 Å². The zero-order valence-electron chi connectivity index (χ0n) is 17.3. The molecule has 0 amide bonds. The Morgan fingerprint density at radius 3 is 2.40 bits per heavy atom. The Labute approximate surface area is 172 Å². The van der Waals surface area contributed by atoms with Gasteiger partial charge in [-0.05, 0) is 12.5 Å². The summed E-state index contributed by atoms with van der Waals surface area (Å²) < 4.78 is 42.4. The molecule has 0 unspecified atom stereocenters. The Morgan fingerprint density at radius 1 is 1.27 bits per heavy atom. The van der Waals surface area contributed by atoms with Crippen LogP contribution in [0.1, 0.15) is 30.5 Å². The molecule has 0 aliphatic heterocycles. The molecule has 0 radical (unpaired) electrons. The third-order valence-electron chi connectivity index (χ3n) is 3.47. The highest BCUT2D eigenvalue weighted by Crippen LogP contribution is 2.23. The van der Waals surface area contributed by atoms with E-state index in [-0.39, 0.29) is 12.3 Å². The first-order valence-electron chi connectivity index (χ1n) is 8.68. The van der Waals surface area contributed by atoms with Crippen LogP contribution >= 0.6 is 0 Å². The van der Waals surface area contributed by atoms with Gasteiger partial charge >= 0.3 is 12.1 Å². The fourth-order valence-electron chi connectivity index (χ4n) is 2.04. The maximum atomic E-state index is 12.6. The summed E-state index contributed by atoms with van der Waals surface area (Å²) in [5.74, 6) is -0.746. The molecule has 30 heavy (non-hydrogen) atoms. The highest BCUT2D eigenvalue weighted by molar-refractivity contribution is 6.43. The number of alkyl halides is 3. The maximum Gasteiger partial charge on any atom is 0.431 e. The molecule has 11 heteroatoms. The van der Waals surface area contributed by atoms with E-state index in [2.05, 4.69) is 19.9 Å². The van der Waals surface area contributed by atoms with Gasteiger partial charge in [0.05, 0.1) is 13.3 Å². The second kappa shape index (κ2) is 13.0. The average molecular weight is 430 g/mol. The Hall–Kier alpha value is -3.37. The Kier molecular flexibility index (Phi) is 11.5. The van der Waals surface area contributed by atoms with Crippen molar-refractivity contribution in [3.8, 4) is 0 Å². The first-order chi connectivity index (χ1) is 14.2. The number of nitrogens with two attached hydrogens (primary N) is 1. The van der Waals surface area contributed by atoms with Gasteiger partial charge in [-0.2, -0.15) is 13.2 Å². The summed E-state index contributed by atoms with van der Waals surface area (Å²) in [6.07, 6.45) is -3.71. The molecule has 0 atom stereocenters. The van der Waals surface area contributed by atoms with Crippen LogP contribution in [0.25, 0.3) is 0 Å². The molecule has 0 heterocycles. The van der Waals surface area contributed by atoms with Crippen molar-refractivity contribution in [1.29, 1.82) is 5.41 Å². The molecule has 1 aromatic rings. The summed E-state index contributed by atoms with van der Waals surface area (Å²) in [5.41, 5.74) is 4.25. The number of benzene rings is 1. The van der Waals surface area contributed by atoms with Gasteiger partial charge in [-0.25, -0.2) is 4.79 Å². The maximum absolute atomic E-state index is 12.6. The number of halogens is 3. The topological polar surface area (TPSA) is 119 Å². The normalized spacial score (nSPS) is 12.5. The molecule has 0 aliphatic rings. The largest absolute Gasteiger partial charge is 0.464 e. The number of aryl methyl sites for hydroxylation is 1. The van der Waals surface area contributed by atoms with Crippen molar-refractivity contribution in [3.63, 3.8) is 0 Å². The van der Waals surface area contributed by atoms with Gasteiger partial charge in [0.25, 0.3) is 0 Å². The lowest BCUT2D eigenvalue weighted by Crippen LogP contribution is -2.22. The summed E-state index contributed by atoms with van der Waals surface area (Å²) in [6, 6.07) is 4.98.